The van der Waals surface area contributed by atoms with E-state index in [2.05, 4.69) is 20.5 Å². The monoisotopic (exact) mass is 624 g/mol. The van der Waals surface area contributed by atoms with Crippen molar-refractivity contribution in [3.8, 4) is 0 Å². The molecule has 0 bridgehead atoms. The molecule has 0 aliphatic heterocycles. The highest BCUT2D eigenvalue weighted by Crippen LogP contribution is 2.33. The third kappa shape index (κ3) is 8.13. The van der Waals surface area contributed by atoms with E-state index in [9.17, 15) is 0 Å². The van der Waals surface area contributed by atoms with E-state index >= 15 is 0 Å². The molecule has 2 aliphatic rings. The van der Waals surface area contributed by atoms with Gasteiger partial charge in [0.1, 0.15) is 0 Å². The summed E-state index contributed by atoms with van der Waals surface area (Å²) in [4.78, 5) is 14.5. The van der Waals surface area contributed by atoms with Crippen molar-refractivity contribution >= 4 is 83.4 Å². The van der Waals surface area contributed by atoms with Gasteiger partial charge in [0.15, 0.2) is 17.0 Å². The van der Waals surface area contributed by atoms with Crippen molar-refractivity contribution in [2.24, 2.45) is 5.73 Å². The standard InChI is InChI=1S/C25H34Cl2N8.3ClH/c26-20-10-5-16(13-21(20)27)14-29-11-12-30-23-22-24(35(15-31-22)19-3-1-2-4-19)34-25(33-23)32-18-8-6-17(28)7-9-18;;;/h5,10,13,15,17-19,29H,1-4,6-9,11-12,14,28H2,(H2,30,32,33,34);3*1H/t17-,18-;;;. The number of hydrogen-bond donors (Lipinski definition) is 4. The van der Waals surface area contributed by atoms with Crippen LogP contribution in [0.3, 0.4) is 0 Å². The van der Waals surface area contributed by atoms with E-state index in [1.165, 1.54) is 25.7 Å². The number of nitrogens with two attached hydrogens (primary N) is 1. The fourth-order valence-corrected chi connectivity index (χ4v) is 5.47. The number of anilines is 2. The van der Waals surface area contributed by atoms with E-state index in [-0.39, 0.29) is 37.2 Å². The predicted octanol–water partition coefficient (Wildman–Crippen LogP) is 6.40. The first-order valence-corrected chi connectivity index (χ1v) is 13.5. The second-order valence-corrected chi connectivity index (χ2v) is 10.6. The molecule has 2 saturated carbocycles. The highest BCUT2D eigenvalue weighted by atomic mass is 35.5. The molecule has 0 radical (unpaired) electrons. The Bertz CT molecular complexity index is 1150. The van der Waals surface area contributed by atoms with Crippen LogP contribution in [0.5, 0.6) is 0 Å². The Labute approximate surface area is 252 Å². The Hall–Kier alpha value is -1.26. The maximum absolute atomic E-state index is 6.12. The van der Waals surface area contributed by atoms with Gasteiger partial charge in [-0.2, -0.15) is 9.97 Å². The lowest BCUT2D eigenvalue weighted by molar-refractivity contribution is 0.410. The zero-order chi connectivity index (χ0) is 24.2. The maximum atomic E-state index is 6.12. The van der Waals surface area contributed by atoms with Gasteiger partial charge < -0.3 is 26.3 Å². The van der Waals surface area contributed by atoms with E-state index in [0.29, 0.717) is 47.2 Å². The third-order valence-electron chi connectivity index (χ3n) is 7.15. The number of nitrogens with one attached hydrogen (secondary N) is 3. The van der Waals surface area contributed by atoms with Crippen LogP contribution in [-0.2, 0) is 6.54 Å². The molecule has 2 aliphatic carbocycles. The van der Waals surface area contributed by atoms with Crippen LogP contribution in [0, 0.1) is 0 Å². The third-order valence-corrected chi connectivity index (χ3v) is 7.89. The molecule has 13 heteroatoms. The van der Waals surface area contributed by atoms with Crippen LogP contribution in [-0.4, -0.2) is 44.7 Å². The number of benzene rings is 1. The number of nitrogens with zero attached hydrogens (tertiary/aromatic N) is 4. The summed E-state index contributed by atoms with van der Waals surface area (Å²) in [7, 11) is 0. The molecule has 5 rings (SSSR count). The van der Waals surface area contributed by atoms with Gasteiger partial charge in [-0.25, -0.2) is 4.98 Å². The quantitative estimate of drug-likeness (QED) is 0.204. The minimum Gasteiger partial charge on any atom is -0.367 e. The lowest BCUT2D eigenvalue weighted by Gasteiger charge is -2.27. The zero-order valence-electron chi connectivity index (χ0n) is 21.2. The number of halogens is 5. The van der Waals surface area contributed by atoms with Gasteiger partial charge >= 0.3 is 0 Å². The summed E-state index contributed by atoms with van der Waals surface area (Å²) >= 11 is 12.1. The molecule has 1 aromatic carbocycles. The zero-order valence-corrected chi connectivity index (χ0v) is 25.1. The summed E-state index contributed by atoms with van der Waals surface area (Å²) in [5.41, 5.74) is 8.93. The molecule has 0 atom stereocenters. The van der Waals surface area contributed by atoms with Crippen LogP contribution in [0.4, 0.5) is 11.8 Å². The van der Waals surface area contributed by atoms with Crippen LogP contribution in [0.2, 0.25) is 10.0 Å². The normalized spacial score (nSPS) is 19.3. The van der Waals surface area contributed by atoms with Crippen LogP contribution in [0.15, 0.2) is 24.5 Å². The van der Waals surface area contributed by atoms with Gasteiger partial charge in [0.05, 0.1) is 16.4 Å². The molecule has 5 N–H and O–H groups in total. The fourth-order valence-electron chi connectivity index (χ4n) is 5.15. The van der Waals surface area contributed by atoms with Crippen LogP contribution in [0.25, 0.3) is 11.2 Å². The number of hydrogen-bond acceptors (Lipinski definition) is 7. The average molecular weight is 627 g/mol. The Balaban J connectivity index is 0.00000169. The Kier molecular flexibility index (Phi) is 13.4. The Morgan fingerprint density at radius 2 is 1.66 bits per heavy atom. The first kappa shape index (κ1) is 32.9. The van der Waals surface area contributed by atoms with Gasteiger partial charge in [0, 0.05) is 37.8 Å². The van der Waals surface area contributed by atoms with E-state index in [4.69, 9.17) is 43.9 Å². The summed E-state index contributed by atoms with van der Waals surface area (Å²) in [5, 5.41) is 11.6. The van der Waals surface area contributed by atoms with Gasteiger partial charge in [-0.1, -0.05) is 42.1 Å². The van der Waals surface area contributed by atoms with Crippen molar-refractivity contribution < 1.29 is 0 Å². The second kappa shape index (κ2) is 15.5. The van der Waals surface area contributed by atoms with E-state index in [1.807, 2.05) is 24.5 Å². The minimum atomic E-state index is 0. The lowest BCUT2D eigenvalue weighted by atomic mass is 9.92. The van der Waals surface area contributed by atoms with Gasteiger partial charge in [0.2, 0.25) is 5.95 Å². The predicted molar refractivity (Wildman–Crippen MR) is 165 cm³/mol. The van der Waals surface area contributed by atoms with Crippen molar-refractivity contribution in [1.82, 2.24) is 24.8 Å². The molecule has 2 aromatic heterocycles. The molecule has 0 saturated heterocycles. The lowest BCUT2D eigenvalue weighted by Crippen LogP contribution is -2.33. The molecule has 0 unspecified atom stereocenters. The van der Waals surface area contributed by atoms with Crippen molar-refractivity contribution in [1.29, 1.82) is 0 Å². The average Bonchev–Trinajstić information content (AvgIpc) is 3.52. The molecule has 2 fully saturated rings. The van der Waals surface area contributed by atoms with Crippen LogP contribution >= 0.6 is 60.4 Å². The summed E-state index contributed by atoms with van der Waals surface area (Å²) in [6, 6.07) is 6.84. The summed E-state index contributed by atoms with van der Waals surface area (Å²) < 4.78 is 2.25. The van der Waals surface area contributed by atoms with Crippen molar-refractivity contribution in [2.75, 3.05) is 23.7 Å². The molecule has 38 heavy (non-hydrogen) atoms. The van der Waals surface area contributed by atoms with Crippen molar-refractivity contribution in [3.63, 3.8) is 0 Å². The molecule has 2 heterocycles. The number of aromatic nitrogens is 4. The molecular formula is C25H37Cl5N8. The van der Waals surface area contributed by atoms with Gasteiger partial charge in [0.25, 0.3) is 0 Å². The van der Waals surface area contributed by atoms with Gasteiger partial charge in [-0.05, 0) is 56.2 Å². The van der Waals surface area contributed by atoms with E-state index < -0.39 is 0 Å². The number of fused-ring (bicyclic) bond motifs is 1. The van der Waals surface area contributed by atoms with Crippen LogP contribution in [0.1, 0.15) is 63.0 Å². The maximum Gasteiger partial charge on any atom is 0.227 e. The first-order valence-electron chi connectivity index (χ1n) is 12.7. The number of rotatable bonds is 9. The van der Waals surface area contributed by atoms with Crippen LogP contribution < -0.4 is 21.7 Å². The van der Waals surface area contributed by atoms with Gasteiger partial charge in [-0.15, -0.1) is 37.2 Å². The summed E-state index contributed by atoms with van der Waals surface area (Å²) in [5.74, 6) is 1.45. The van der Waals surface area contributed by atoms with Crippen molar-refractivity contribution in [3.05, 3.63) is 40.1 Å². The van der Waals surface area contributed by atoms with E-state index in [0.717, 1.165) is 54.8 Å². The minimum absolute atomic E-state index is 0. The molecule has 3 aromatic rings. The highest BCUT2D eigenvalue weighted by molar-refractivity contribution is 6.42. The Morgan fingerprint density at radius 1 is 0.921 bits per heavy atom. The fraction of sp³-hybridized carbons (Fsp3) is 0.560. The van der Waals surface area contributed by atoms with Crippen molar-refractivity contribution in [2.45, 2.75) is 76.0 Å². The second-order valence-electron chi connectivity index (χ2n) is 9.77. The number of imidazole rings is 1. The molecular weight excluding hydrogens is 590 g/mol. The topological polar surface area (TPSA) is 106 Å². The van der Waals surface area contributed by atoms with E-state index in [1.54, 1.807) is 0 Å². The summed E-state index contributed by atoms with van der Waals surface area (Å²) in [6.07, 6.45) is 11.0. The molecule has 0 amide bonds. The highest BCUT2D eigenvalue weighted by Gasteiger charge is 2.23. The molecule has 212 valence electrons. The SMILES string of the molecule is Cl.Cl.Cl.N[C@H]1CC[C@H](Nc2nc(NCCNCc3ccc(Cl)c(Cl)c3)c3ncn(C4CCCC4)c3n2)CC1. The first-order chi connectivity index (χ1) is 17.1. The molecule has 0 spiro atoms. The Morgan fingerprint density at radius 3 is 2.37 bits per heavy atom. The summed E-state index contributed by atoms with van der Waals surface area (Å²) in [6.45, 7) is 2.18. The smallest absolute Gasteiger partial charge is 0.227 e. The largest absolute Gasteiger partial charge is 0.367 e. The van der Waals surface area contributed by atoms with Gasteiger partial charge in [-0.3, -0.25) is 0 Å². The molecule has 8 nitrogen and oxygen atoms in total.